The van der Waals surface area contributed by atoms with E-state index in [1.807, 2.05) is 31.2 Å². The lowest BCUT2D eigenvalue weighted by Gasteiger charge is -2.16. The van der Waals surface area contributed by atoms with Crippen molar-refractivity contribution in [3.8, 4) is 0 Å². The number of hydrogen-bond donors (Lipinski definition) is 1. The van der Waals surface area contributed by atoms with E-state index in [-0.39, 0.29) is 17.3 Å². The van der Waals surface area contributed by atoms with Crippen LogP contribution in [-0.2, 0) is 21.4 Å². The monoisotopic (exact) mass is 372 g/mol. The first-order valence-corrected chi connectivity index (χ1v) is 9.90. The first-order valence-electron chi connectivity index (χ1n) is 8.29. The van der Waals surface area contributed by atoms with Gasteiger partial charge in [0.1, 0.15) is 0 Å². The van der Waals surface area contributed by atoms with Crippen molar-refractivity contribution in [2.75, 3.05) is 10.1 Å². The molecule has 6 nitrogen and oxygen atoms in total. The fourth-order valence-electron chi connectivity index (χ4n) is 2.95. The molecule has 0 saturated carbocycles. The van der Waals surface area contributed by atoms with Crippen LogP contribution in [0.3, 0.4) is 0 Å². The molecule has 2 aromatic carbocycles. The number of nitrogens with one attached hydrogen (secondary N) is 1. The van der Waals surface area contributed by atoms with Crippen LogP contribution in [0.1, 0.15) is 28.4 Å². The van der Waals surface area contributed by atoms with Crippen LogP contribution in [0.4, 0.5) is 5.69 Å². The topological polar surface area (TPSA) is 83.6 Å². The van der Waals surface area contributed by atoms with E-state index in [1.54, 1.807) is 19.1 Å². The van der Waals surface area contributed by atoms with E-state index in [1.165, 1.54) is 12.1 Å². The summed E-state index contributed by atoms with van der Waals surface area (Å²) >= 11 is 0. The zero-order valence-electron chi connectivity index (χ0n) is 14.6. The number of anilines is 1. The highest BCUT2D eigenvalue weighted by atomic mass is 32.2. The second-order valence-corrected chi connectivity index (χ2v) is 8.30. The highest BCUT2D eigenvalue weighted by Crippen LogP contribution is 2.28. The maximum Gasteiger partial charge on any atom is 0.251 e. The third kappa shape index (κ3) is 3.48. The van der Waals surface area contributed by atoms with E-state index < -0.39 is 21.8 Å². The molecule has 0 spiro atoms. The van der Waals surface area contributed by atoms with Gasteiger partial charge in [0.25, 0.3) is 5.91 Å². The van der Waals surface area contributed by atoms with Gasteiger partial charge in [-0.3, -0.25) is 9.59 Å². The van der Waals surface area contributed by atoms with Crippen molar-refractivity contribution in [3.63, 3.8) is 0 Å². The summed E-state index contributed by atoms with van der Waals surface area (Å²) in [5.74, 6) is -1.59. The molecule has 26 heavy (non-hydrogen) atoms. The second-order valence-electron chi connectivity index (χ2n) is 6.44. The Morgan fingerprint density at radius 1 is 1.19 bits per heavy atom. The smallest absolute Gasteiger partial charge is 0.251 e. The van der Waals surface area contributed by atoms with Gasteiger partial charge >= 0.3 is 0 Å². The molecule has 1 heterocycles. The van der Waals surface area contributed by atoms with E-state index in [4.69, 9.17) is 0 Å². The maximum absolute atomic E-state index is 12.4. The third-order valence-corrected chi connectivity index (χ3v) is 6.27. The van der Waals surface area contributed by atoms with Gasteiger partial charge in [-0.2, -0.15) is 0 Å². The van der Waals surface area contributed by atoms with Crippen LogP contribution >= 0.6 is 0 Å². The molecule has 1 fully saturated rings. The number of sulfonamides is 1. The Kier molecular flexibility index (Phi) is 4.82. The predicted octanol–water partition coefficient (Wildman–Crippen LogP) is 2.24. The van der Waals surface area contributed by atoms with Crippen LogP contribution in [-0.4, -0.2) is 26.0 Å². The molecule has 1 aliphatic heterocycles. The summed E-state index contributed by atoms with van der Waals surface area (Å²) < 4.78 is 25.2. The van der Waals surface area contributed by atoms with Crippen LogP contribution in [0, 0.1) is 12.8 Å². The van der Waals surface area contributed by atoms with Gasteiger partial charge in [-0.15, -0.1) is 0 Å². The highest BCUT2D eigenvalue weighted by Gasteiger charge is 2.42. The van der Waals surface area contributed by atoms with Crippen molar-refractivity contribution >= 4 is 27.5 Å². The van der Waals surface area contributed by atoms with Gasteiger partial charge in [0.2, 0.25) is 15.9 Å². The molecule has 1 aliphatic rings. The summed E-state index contributed by atoms with van der Waals surface area (Å²) in [6, 6.07) is 13.8. The van der Waals surface area contributed by atoms with Gasteiger partial charge in [-0.05, 0) is 36.2 Å². The van der Waals surface area contributed by atoms with Crippen molar-refractivity contribution in [1.82, 2.24) is 5.32 Å². The molecule has 0 bridgehead atoms. The molecule has 1 atom stereocenters. The third-order valence-electron chi connectivity index (χ3n) is 4.40. The Hall–Kier alpha value is -2.67. The van der Waals surface area contributed by atoms with Crippen molar-refractivity contribution in [2.24, 2.45) is 5.92 Å². The average molecular weight is 372 g/mol. The first kappa shape index (κ1) is 18.1. The van der Waals surface area contributed by atoms with E-state index in [0.29, 0.717) is 12.1 Å². The number of carbonyl (C=O) groups excluding carboxylic acids is 2. The zero-order valence-corrected chi connectivity index (χ0v) is 15.4. The van der Waals surface area contributed by atoms with Gasteiger partial charge < -0.3 is 5.32 Å². The number of rotatable bonds is 4. The second kappa shape index (κ2) is 6.92. The summed E-state index contributed by atoms with van der Waals surface area (Å²) in [5, 5.41) is 2.82. The van der Waals surface area contributed by atoms with E-state index in [2.05, 4.69) is 5.32 Å². The Morgan fingerprint density at radius 2 is 1.92 bits per heavy atom. The van der Waals surface area contributed by atoms with Crippen LogP contribution < -0.4 is 9.62 Å². The minimum absolute atomic E-state index is 0.197. The fraction of sp³-hybridized carbons (Fsp3) is 0.263. The number of carbonyl (C=O) groups is 2. The molecule has 0 radical (unpaired) electrons. The SMILES string of the molecule is Cc1ccccc1CNC(=O)c1cccc(N2C(=O)[C@H](C)CS2(=O)=O)c1. The number of amides is 2. The number of benzene rings is 2. The summed E-state index contributed by atoms with van der Waals surface area (Å²) in [6.45, 7) is 3.92. The minimum atomic E-state index is -3.69. The standard InChI is InChI=1S/C19H20N2O4S/c1-13-6-3-4-7-16(13)11-20-18(22)15-8-5-9-17(10-15)21-19(23)14(2)12-26(21,24)25/h3-10,14H,11-12H2,1-2H3,(H,20,22)/t14-/m1/s1. The molecule has 2 aromatic rings. The van der Waals surface area contributed by atoms with Gasteiger partial charge in [0.05, 0.1) is 17.4 Å². The molecular formula is C19H20N2O4S. The molecule has 7 heteroatoms. The fourth-order valence-corrected chi connectivity index (χ4v) is 4.76. The van der Waals surface area contributed by atoms with E-state index in [9.17, 15) is 18.0 Å². The van der Waals surface area contributed by atoms with E-state index >= 15 is 0 Å². The van der Waals surface area contributed by atoms with Gasteiger partial charge in [0.15, 0.2) is 0 Å². The lowest BCUT2D eigenvalue weighted by Crippen LogP contribution is -2.30. The van der Waals surface area contributed by atoms with Gasteiger partial charge in [-0.25, -0.2) is 12.7 Å². The van der Waals surface area contributed by atoms with E-state index in [0.717, 1.165) is 15.4 Å². The van der Waals surface area contributed by atoms with Crippen LogP contribution in [0.2, 0.25) is 0 Å². The van der Waals surface area contributed by atoms with Crippen LogP contribution in [0.25, 0.3) is 0 Å². The summed E-state index contributed by atoms with van der Waals surface area (Å²) in [7, 11) is -3.69. The molecule has 0 aromatic heterocycles. The largest absolute Gasteiger partial charge is 0.348 e. The van der Waals surface area contributed by atoms with Crippen LogP contribution in [0.5, 0.6) is 0 Å². The molecule has 3 rings (SSSR count). The molecule has 0 aliphatic carbocycles. The summed E-state index contributed by atoms with van der Waals surface area (Å²) in [5.41, 5.74) is 2.58. The number of nitrogens with zero attached hydrogens (tertiary/aromatic N) is 1. The number of hydrogen-bond acceptors (Lipinski definition) is 4. The first-order chi connectivity index (χ1) is 12.3. The number of aryl methyl sites for hydroxylation is 1. The lowest BCUT2D eigenvalue weighted by atomic mass is 10.1. The zero-order chi connectivity index (χ0) is 18.9. The molecule has 1 N–H and O–H groups in total. The maximum atomic E-state index is 12.4. The summed E-state index contributed by atoms with van der Waals surface area (Å²) in [4.78, 5) is 24.6. The molecule has 136 valence electrons. The molecule has 2 amide bonds. The Balaban J connectivity index is 1.80. The van der Waals surface area contributed by atoms with Crippen molar-refractivity contribution in [1.29, 1.82) is 0 Å². The van der Waals surface area contributed by atoms with Crippen molar-refractivity contribution in [3.05, 3.63) is 65.2 Å². The van der Waals surface area contributed by atoms with Gasteiger partial charge in [0, 0.05) is 12.1 Å². The molecule has 1 saturated heterocycles. The normalized spacial score (nSPS) is 18.8. The molecule has 0 unspecified atom stereocenters. The highest BCUT2D eigenvalue weighted by molar-refractivity contribution is 7.94. The van der Waals surface area contributed by atoms with Gasteiger partial charge in [-0.1, -0.05) is 37.3 Å². The van der Waals surface area contributed by atoms with Crippen LogP contribution in [0.15, 0.2) is 48.5 Å². The lowest BCUT2D eigenvalue weighted by molar-refractivity contribution is -0.119. The average Bonchev–Trinajstić information content (AvgIpc) is 2.81. The predicted molar refractivity (Wildman–Crippen MR) is 99.2 cm³/mol. The van der Waals surface area contributed by atoms with Crippen molar-refractivity contribution in [2.45, 2.75) is 20.4 Å². The Labute approximate surface area is 152 Å². The molecular weight excluding hydrogens is 352 g/mol. The quantitative estimate of drug-likeness (QED) is 0.892. The summed E-state index contributed by atoms with van der Waals surface area (Å²) in [6.07, 6.45) is 0. The van der Waals surface area contributed by atoms with Crippen molar-refractivity contribution < 1.29 is 18.0 Å². The Morgan fingerprint density at radius 3 is 2.58 bits per heavy atom. The minimum Gasteiger partial charge on any atom is -0.348 e. The Bertz CT molecular complexity index is 969.